The molecule has 28 heavy (non-hydrogen) atoms. The minimum Gasteiger partial charge on any atom is -0.472 e. The molecule has 2 unspecified atom stereocenters. The predicted octanol–water partition coefficient (Wildman–Crippen LogP) is 5.31. The molecule has 4 rings (SSSR count). The van der Waals surface area contributed by atoms with Gasteiger partial charge in [0, 0.05) is 34.3 Å². The molecule has 0 saturated heterocycles. The van der Waals surface area contributed by atoms with Gasteiger partial charge in [-0.05, 0) is 43.0 Å². The molecule has 4 nitrogen and oxygen atoms in total. The Bertz CT molecular complexity index is 956. The number of ether oxygens (including phenoxy) is 1. The van der Waals surface area contributed by atoms with Crippen LogP contribution in [0.2, 0.25) is 4.34 Å². The molecule has 2 aliphatic rings. The number of thioether (sulfide) groups is 1. The van der Waals surface area contributed by atoms with Gasteiger partial charge in [-0.25, -0.2) is 9.37 Å². The van der Waals surface area contributed by atoms with Crippen molar-refractivity contribution in [2.45, 2.75) is 18.5 Å². The maximum Gasteiger partial charge on any atom is 0.214 e. The van der Waals surface area contributed by atoms with Crippen LogP contribution in [0, 0.1) is 5.92 Å². The molecule has 0 fully saturated rings. The number of rotatable bonds is 6. The summed E-state index contributed by atoms with van der Waals surface area (Å²) in [4.78, 5) is 5.36. The van der Waals surface area contributed by atoms with Gasteiger partial charge in [-0.2, -0.15) is 0 Å². The molecule has 0 spiro atoms. The standard InChI is InChI=1S/C20H19ClFN3OS2/c1-27-20-24-18(12-2-4-14(22)5-3-12)19(25-20)13-8-9-23-17(10-13)26-11-15-6-7-16(21)28-15/h2,4-10,12,20,24-25H,3,11H2,1H3. The van der Waals surface area contributed by atoms with E-state index >= 15 is 0 Å². The molecule has 3 heterocycles. The summed E-state index contributed by atoms with van der Waals surface area (Å²) in [7, 11) is 0. The molecule has 0 radical (unpaired) electrons. The number of nitrogens with zero attached hydrogens (tertiary/aromatic N) is 1. The number of nitrogens with one attached hydrogen (secondary N) is 2. The largest absolute Gasteiger partial charge is 0.472 e. The van der Waals surface area contributed by atoms with Crippen LogP contribution in [0.5, 0.6) is 5.88 Å². The zero-order valence-electron chi connectivity index (χ0n) is 15.1. The van der Waals surface area contributed by atoms with Crippen molar-refractivity contribution < 1.29 is 9.13 Å². The number of allylic oxidation sites excluding steroid dienone is 4. The zero-order chi connectivity index (χ0) is 19.5. The third-order valence-electron chi connectivity index (χ3n) is 4.51. The molecule has 2 N–H and O–H groups in total. The molecule has 2 aromatic heterocycles. The SMILES string of the molecule is CSC1NC(c2ccnc(OCc3ccc(Cl)s3)c2)=C(C2C=CC(F)=CC2)N1. The van der Waals surface area contributed by atoms with Crippen molar-refractivity contribution in [1.29, 1.82) is 0 Å². The monoisotopic (exact) mass is 435 g/mol. The van der Waals surface area contributed by atoms with Crippen LogP contribution < -0.4 is 15.4 Å². The van der Waals surface area contributed by atoms with E-state index in [4.69, 9.17) is 16.3 Å². The highest BCUT2D eigenvalue weighted by atomic mass is 35.5. The van der Waals surface area contributed by atoms with E-state index in [2.05, 4.69) is 15.6 Å². The Hall–Kier alpha value is -1.96. The average Bonchev–Trinajstić information content (AvgIpc) is 3.33. The third kappa shape index (κ3) is 4.37. The van der Waals surface area contributed by atoms with E-state index in [0.717, 1.165) is 26.2 Å². The van der Waals surface area contributed by atoms with Crippen LogP contribution in [0.4, 0.5) is 4.39 Å². The van der Waals surface area contributed by atoms with Crippen molar-refractivity contribution in [2.75, 3.05) is 6.26 Å². The second-order valence-electron chi connectivity index (χ2n) is 6.36. The number of hydrogen-bond acceptors (Lipinski definition) is 6. The highest BCUT2D eigenvalue weighted by Crippen LogP contribution is 2.33. The fourth-order valence-electron chi connectivity index (χ4n) is 3.13. The fraction of sp³-hybridized carbons (Fsp3) is 0.250. The van der Waals surface area contributed by atoms with Gasteiger partial charge < -0.3 is 15.4 Å². The van der Waals surface area contributed by atoms with Crippen LogP contribution in [-0.2, 0) is 6.61 Å². The van der Waals surface area contributed by atoms with E-state index in [0.29, 0.717) is 18.9 Å². The lowest BCUT2D eigenvalue weighted by atomic mass is 9.94. The first-order chi connectivity index (χ1) is 13.6. The second kappa shape index (κ2) is 8.59. The van der Waals surface area contributed by atoms with Crippen molar-refractivity contribution in [1.82, 2.24) is 15.6 Å². The van der Waals surface area contributed by atoms with Gasteiger partial charge >= 0.3 is 0 Å². The van der Waals surface area contributed by atoms with Crippen LogP contribution in [0.15, 0.2) is 60.2 Å². The number of pyridine rings is 1. The van der Waals surface area contributed by atoms with Crippen molar-refractivity contribution >= 4 is 40.4 Å². The molecule has 146 valence electrons. The van der Waals surface area contributed by atoms with Crippen LogP contribution in [0.1, 0.15) is 16.9 Å². The molecule has 8 heteroatoms. The highest BCUT2D eigenvalue weighted by Gasteiger charge is 2.28. The number of thiophene rings is 1. The fourth-order valence-corrected chi connectivity index (χ4v) is 4.62. The summed E-state index contributed by atoms with van der Waals surface area (Å²) in [6, 6.07) is 7.68. The van der Waals surface area contributed by atoms with Crippen LogP contribution >= 0.6 is 34.7 Å². The van der Waals surface area contributed by atoms with Crippen molar-refractivity contribution in [2.24, 2.45) is 5.92 Å². The normalized spacial score (nSPS) is 21.3. The smallest absolute Gasteiger partial charge is 0.214 e. The Balaban J connectivity index is 1.56. The number of aromatic nitrogens is 1. The molecule has 0 amide bonds. The number of halogens is 2. The Kier molecular flexibility index (Phi) is 5.94. The molecule has 0 bridgehead atoms. The third-order valence-corrected chi connectivity index (χ3v) is 6.42. The van der Waals surface area contributed by atoms with E-state index in [-0.39, 0.29) is 17.2 Å². The van der Waals surface area contributed by atoms with E-state index in [1.54, 1.807) is 24.0 Å². The molecular formula is C20H19ClFN3OS2. The first kappa shape index (κ1) is 19.4. The Morgan fingerprint density at radius 1 is 1.36 bits per heavy atom. The topological polar surface area (TPSA) is 46.2 Å². The lowest BCUT2D eigenvalue weighted by molar-refractivity contribution is 0.297. The van der Waals surface area contributed by atoms with Crippen molar-refractivity contribution in [3.63, 3.8) is 0 Å². The van der Waals surface area contributed by atoms with Crippen molar-refractivity contribution in [3.05, 3.63) is 75.0 Å². The minimum atomic E-state index is -0.181. The van der Waals surface area contributed by atoms with Gasteiger partial charge in [0.15, 0.2) is 0 Å². The van der Waals surface area contributed by atoms with Gasteiger partial charge in [-0.15, -0.1) is 23.1 Å². The molecule has 1 aliphatic heterocycles. The van der Waals surface area contributed by atoms with Crippen LogP contribution in [0.25, 0.3) is 5.70 Å². The van der Waals surface area contributed by atoms with E-state index in [1.807, 2.05) is 36.6 Å². The molecule has 1 aliphatic carbocycles. The summed E-state index contributed by atoms with van der Waals surface area (Å²) in [6.07, 6.45) is 9.46. The van der Waals surface area contributed by atoms with Gasteiger partial charge in [0.1, 0.15) is 17.9 Å². The Morgan fingerprint density at radius 3 is 2.96 bits per heavy atom. The summed E-state index contributed by atoms with van der Waals surface area (Å²) in [5.41, 5.74) is 3.11. The summed E-state index contributed by atoms with van der Waals surface area (Å²) in [5, 5.41) is 7.01. The predicted molar refractivity (Wildman–Crippen MR) is 115 cm³/mol. The Labute approximate surface area is 176 Å². The summed E-state index contributed by atoms with van der Waals surface area (Å²) in [5.74, 6) is 0.470. The lowest BCUT2D eigenvalue weighted by Gasteiger charge is -2.18. The van der Waals surface area contributed by atoms with Crippen molar-refractivity contribution in [3.8, 4) is 5.88 Å². The quantitative estimate of drug-likeness (QED) is 0.643. The second-order valence-corrected chi connectivity index (χ2v) is 9.10. The summed E-state index contributed by atoms with van der Waals surface area (Å²) >= 11 is 9.14. The van der Waals surface area contributed by atoms with Crippen LogP contribution in [-0.4, -0.2) is 16.7 Å². The molecule has 0 saturated carbocycles. The van der Waals surface area contributed by atoms with Crippen LogP contribution in [0.3, 0.4) is 0 Å². The van der Waals surface area contributed by atoms with E-state index in [9.17, 15) is 4.39 Å². The molecule has 2 atom stereocenters. The lowest BCUT2D eigenvalue weighted by Crippen LogP contribution is -2.30. The molecular weight excluding hydrogens is 417 g/mol. The first-order valence-corrected chi connectivity index (χ1v) is 11.3. The highest BCUT2D eigenvalue weighted by molar-refractivity contribution is 7.99. The van der Waals surface area contributed by atoms with Gasteiger partial charge in [0.05, 0.1) is 10.0 Å². The van der Waals surface area contributed by atoms with Gasteiger partial charge in [0.2, 0.25) is 5.88 Å². The first-order valence-electron chi connectivity index (χ1n) is 8.79. The van der Waals surface area contributed by atoms with Gasteiger partial charge in [-0.3, -0.25) is 0 Å². The van der Waals surface area contributed by atoms with E-state index < -0.39 is 0 Å². The minimum absolute atomic E-state index is 0.0694. The molecule has 0 aromatic carbocycles. The number of hydrogen-bond donors (Lipinski definition) is 2. The summed E-state index contributed by atoms with van der Waals surface area (Å²) < 4.78 is 20.0. The summed E-state index contributed by atoms with van der Waals surface area (Å²) in [6.45, 7) is 0.425. The van der Waals surface area contributed by atoms with E-state index in [1.165, 1.54) is 17.4 Å². The van der Waals surface area contributed by atoms with Gasteiger partial charge in [0.25, 0.3) is 0 Å². The zero-order valence-corrected chi connectivity index (χ0v) is 17.5. The average molecular weight is 436 g/mol. The maximum atomic E-state index is 13.4. The Morgan fingerprint density at radius 2 is 2.25 bits per heavy atom. The molecule has 2 aromatic rings. The van der Waals surface area contributed by atoms with Gasteiger partial charge in [-0.1, -0.05) is 17.7 Å². The maximum absolute atomic E-state index is 13.4.